The number of carbonyl (C=O) groups is 1. The minimum absolute atomic E-state index is 0.0431. The summed E-state index contributed by atoms with van der Waals surface area (Å²) in [6, 6.07) is 1.53. The number of hydrogen-bond acceptors (Lipinski definition) is 4. The Morgan fingerprint density at radius 2 is 2.07 bits per heavy atom. The molecule has 2 atom stereocenters. The van der Waals surface area contributed by atoms with Gasteiger partial charge in [-0.25, -0.2) is 9.18 Å². The lowest BCUT2D eigenvalue weighted by Gasteiger charge is -2.24. The first-order valence-electron chi connectivity index (χ1n) is 9.41. The quantitative estimate of drug-likeness (QED) is 0.860. The Labute approximate surface area is 156 Å². The lowest BCUT2D eigenvalue weighted by atomic mass is 10.0. The monoisotopic (exact) mass is 373 g/mol. The summed E-state index contributed by atoms with van der Waals surface area (Å²) in [5.41, 5.74) is 7.69. The highest BCUT2D eigenvalue weighted by Crippen LogP contribution is 2.44. The number of nitrogens with zero attached hydrogens (tertiary/aromatic N) is 2. The molecule has 2 fully saturated rings. The number of fused-ring (bicyclic) bond motifs is 1. The number of carboxylic acids is 1. The maximum absolute atomic E-state index is 15.0. The predicted molar refractivity (Wildman–Crippen MR) is 101 cm³/mol. The number of halogens is 1. The molecule has 3 heterocycles. The highest BCUT2D eigenvalue weighted by molar-refractivity contribution is 5.89. The van der Waals surface area contributed by atoms with Gasteiger partial charge in [-0.2, -0.15) is 0 Å². The van der Waals surface area contributed by atoms with Crippen LogP contribution in [0.15, 0.2) is 17.1 Å². The maximum Gasteiger partial charge on any atom is 0.341 e. The highest BCUT2D eigenvalue weighted by atomic mass is 19.1. The molecule has 0 amide bonds. The second-order valence-electron chi connectivity index (χ2n) is 7.92. The third kappa shape index (κ3) is 2.90. The molecule has 2 aromatic heterocycles. The Morgan fingerprint density at radius 1 is 1.37 bits per heavy atom. The Kier molecular flexibility index (Phi) is 4.22. The van der Waals surface area contributed by atoms with E-state index >= 15 is 4.39 Å². The van der Waals surface area contributed by atoms with Gasteiger partial charge in [0.1, 0.15) is 5.56 Å². The van der Waals surface area contributed by atoms with Crippen molar-refractivity contribution >= 4 is 17.2 Å². The number of nitrogens with two attached hydrogens (primary N) is 1. The maximum atomic E-state index is 15.0. The molecule has 0 bridgehead atoms. The van der Waals surface area contributed by atoms with Gasteiger partial charge in [0.2, 0.25) is 0 Å². The van der Waals surface area contributed by atoms with Crippen molar-refractivity contribution < 1.29 is 14.3 Å². The van der Waals surface area contributed by atoms with Crippen molar-refractivity contribution in [1.29, 1.82) is 0 Å². The zero-order valence-corrected chi connectivity index (χ0v) is 15.5. The molecule has 1 saturated carbocycles. The average molecular weight is 373 g/mol. The number of carboxylic acid groups (broad SMARTS) is 1. The van der Waals surface area contributed by atoms with Gasteiger partial charge in [-0.05, 0) is 62.1 Å². The Hall–Kier alpha value is -2.41. The van der Waals surface area contributed by atoms with Crippen molar-refractivity contribution in [3.63, 3.8) is 0 Å². The third-order valence-electron chi connectivity index (χ3n) is 5.97. The molecule has 4 rings (SSSR count). The van der Waals surface area contributed by atoms with E-state index in [1.54, 1.807) is 0 Å². The summed E-state index contributed by atoms with van der Waals surface area (Å²) < 4.78 is 16.2. The van der Waals surface area contributed by atoms with E-state index in [2.05, 4.69) is 0 Å². The molecular formula is C20H24FN3O3. The van der Waals surface area contributed by atoms with Crippen LogP contribution in [-0.4, -0.2) is 34.6 Å². The van der Waals surface area contributed by atoms with Gasteiger partial charge in [0.05, 0.1) is 17.4 Å². The number of pyridine rings is 2. The number of aromatic carboxylic acids is 1. The molecular weight excluding hydrogens is 349 g/mol. The summed E-state index contributed by atoms with van der Waals surface area (Å²) >= 11 is 0. The molecule has 1 aliphatic carbocycles. The molecule has 7 heteroatoms. The van der Waals surface area contributed by atoms with Crippen LogP contribution in [-0.2, 0) is 0 Å². The van der Waals surface area contributed by atoms with Crippen LogP contribution >= 0.6 is 0 Å². The zero-order chi connectivity index (χ0) is 19.5. The van der Waals surface area contributed by atoms with Gasteiger partial charge in [-0.15, -0.1) is 0 Å². The summed E-state index contributed by atoms with van der Waals surface area (Å²) in [5, 5.41) is 9.37. The Morgan fingerprint density at radius 3 is 2.63 bits per heavy atom. The summed E-state index contributed by atoms with van der Waals surface area (Å²) in [7, 11) is 0. The van der Waals surface area contributed by atoms with Crippen LogP contribution in [0.3, 0.4) is 0 Å². The second kappa shape index (κ2) is 6.34. The van der Waals surface area contributed by atoms with Crippen molar-refractivity contribution in [2.45, 2.75) is 45.1 Å². The number of aryl methyl sites for hydroxylation is 1. The molecule has 0 spiro atoms. The number of rotatable bonds is 4. The van der Waals surface area contributed by atoms with E-state index in [1.807, 2.05) is 18.7 Å². The van der Waals surface area contributed by atoms with Crippen LogP contribution < -0.4 is 16.2 Å². The van der Waals surface area contributed by atoms with Crippen LogP contribution in [0.25, 0.3) is 5.52 Å². The van der Waals surface area contributed by atoms with Gasteiger partial charge in [0.15, 0.2) is 5.82 Å². The van der Waals surface area contributed by atoms with E-state index in [9.17, 15) is 14.7 Å². The highest BCUT2D eigenvalue weighted by Gasteiger charge is 2.32. The van der Waals surface area contributed by atoms with Crippen molar-refractivity contribution in [3.05, 3.63) is 45.1 Å². The first-order chi connectivity index (χ1) is 12.8. The lowest BCUT2D eigenvalue weighted by Crippen LogP contribution is -2.31. The topological polar surface area (TPSA) is 88.0 Å². The average Bonchev–Trinajstić information content (AvgIpc) is 3.32. The SMILES string of the molecule is Cc1c(N2CC[C@@H](C(C)N)C2)c(F)cn2c(=O)c(C(=O)O)cc(C3CC3)c12. The molecule has 1 saturated heterocycles. The molecule has 27 heavy (non-hydrogen) atoms. The minimum Gasteiger partial charge on any atom is -0.477 e. The first kappa shape index (κ1) is 18.0. The van der Waals surface area contributed by atoms with Crippen LogP contribution in [0.1, 0.15) is 53.6 Å². The normalized spacial score (nSPS) is 21.0. The van der Waals surface area contributed by atoms with Crippen molar-refractivity contribution in [1.82, 2.24) is 4.40 Å². The Bertz CT molecular complexity index is 994. The molecule has 2 aromatic rings. The van der Waals surface area contributed by atoms with Crippen LogP contribution in [0.5, 0.6) is 0 Å². The van der Waals surface area contributed by atoms with Gasteiger partial charge in [0, 0.05) is 19.1 Å². The van der Waals surface area contributed by atoms with E-state index in [0.29, 0.717) is 29.2 Å². The fourth-order valence-electron chi connectivity index (χ4n) is 4.31. The summed E-state index contributed by atoms with van der Waals surface area (Å²) in [4.78, 5) is 26.1. The summed E-state index contributed by atoms with van der Waals surface area (Å²) in [6.45, 7) is 5.19. The zero-order valence-electron chi connectivity index (χ0n) is 15.5. The molecule has 6 nitrogen and oxygen atoms in total. The molecule has 0 radical (unpaired) electrons. The fourth-order valence-corrected chi connectivity index (χ4v) is 4.31. The van der Waals surface area contributed by atoms with Crippen molar-refractivity contribution in [2.75, 3.05) is 18.0 Å². The molecule has 2 aliphatic rings. The molecule has 1 unspecified atom stereocenters. The van der Waals surface area contributed by atoms with E-state index in [1.165, 1.54) is 10.5 Å². The number of anilines is 1. The molecule has 1 aliphatic heterocycles. The first-order valence-corrected chi connectivity index (χ1v) is 9.41. The minimum atomic E-state index is -1.28. The summed E-state index contributed by atoms with van der Waals surface area (Å²) in [6.07, 6.45) is 3.96. The lowest BCUT2D eigenvalue weighted by molar-refractivity contribution is 0.0694. The largest absolute Gasteiger partial charge is 0.477 e. The molecule has 144 valence electrons. The van der Waals surface area contributed by atoms with E-state index in [0.717, 1.165) is 37.6 Å². The molecule has 3 N–H and O–H groups in total. The second-order valence-corrected chi connectivity index (χ2v) is 7.92. The number of aromatic nitrogens is 1. The fraction of sp³-hybridized carbons (Fsp3) is 0.500. The van der Waals surface area contributed by atoms with Gasteiger partial charge in [-0.1, -0.05) is 0 Å². The van der Waals surface area contributed by atoms with Crippen molar-refractivity contribution in [3.8, 4) is 0 Å². The number of hydrogen-bond donors (Lipinski definition) is 2. The van der Waals surface area contributed by atoms with Crippen LogP contribution in [0.2, 0.25) is 0 Å². The third-order valence-corrected chi connectivity index (χ3v) is 5.97. The van der Waals surface area contributed by atoms with Crippen LogP contribution in [0.4, 0.5) is 10.1 Å². The predicted octanol–water partition coefficient (Wildman–Crippen LogP) is 2.50. The Balaban J connectivity index is 1.94. The van der Waals surface area contributed by atoms with Gasteiger partial charge >= 0.3 is 5.97 Å². The standard InChI is InChI=1S/C20H24FN3O3/c1-10-17-14(12-3-4-12)7-15(20(26)27)19(25)24(17)9-16(21)18(10)23-6-5-13(8-23)11(2)22/h7,9,11-13H,3-6,8,22H2,1-2H3,(H,26,27)/t11?,13-/m1/s1. The van der Waals surface area contributed by atoms with Gasteiger partial charge in [-0.3, -0.25) is 9.20 Å². The smallest absolute Gasteiger partial charge is 0.341 e. The molecule has 0 aromatic carbocycles. The summed E-state index contributed by atoms with van der Waals surface area (Å²) in [5.74, 6) is -1.25. The van der Waals surface area contributed by atoms with E-state index < -0.39 is 17.3 Å². The van der Waals surface area contributed by atoms with Crippen LogP contribution in [0, 0.1) is 18.7 Å². The van der Waals surface area contributed by atoms with Gasteiger partial charge < -0.3 is 15.7 Å². The van der Waals surface area contributed by atoms with E-state index in [-0.39, 0.29) is 17.5 Å². The van der Waals surface area contributed by atoms with Gasteiger partial charge in [0.25, 0.3) is 5.56 Å². The van der Waals surface area contributed by atoms with E-state index in [4.69, 9.17) is 5.73 Å². The van der Waals surface area contributed by atoms with Crippen molar-refractivity contribution in [2.24, 2.45) is 11.7 Å².